The van der Waals surface area contributed by atoms with Gasteiger partial charge in [-0.25, -0.2) is 0 Å². The van der Waals surface area contributed by atoms with E-state index in [1.807, 2.05) is 0 Å². The highest BCUT2D eigenvalue weighted by atomic mass is 16.4. The molecule has 0 aromatic carbocycles. The second kappa shape index (κ2) is 20.8. The van der Waals surface area contributed by atoms with Crippen molar-refractivity contribution in [1.82, 2.24) is 0 Å². The zero-order chi connectivity index (χ0) is 15.5. The first-order chi connectivity index (χ1) is 9.68. The fourth-order valence-corrected chi connectivity index (χ4v) is 2.09. The molecule has 2 heteroatoms. The van der Waals surface area contributed by atoms with Crippen LogP contribution in [-0.2, 0) is 4.79 Å². The Balaban J connectivity index is 0. The second-order valence-corrected chi connectivity index (χ2v) is 5.68. The molecule has 20 heavy (non-hydrogen) atoms. The van der Waals surface area contributed by atoms with E-state index < -0.39 is 5.97 Å². The standard InChI is InChI=1S/C11H22O2.C7H16/c1-2-3-4-5-6-7-8-9-10-11(12)13;1-3-5-7-6-4-2/h2-10H2,1H3,(H,12,13);3-7H2,1-2H3. The SMILES string of the molecule is CCCCCCC.CCCCCCCCCCC(=O)O. The third-order valence-corrected chi connectivity index (χ3v) is 3.45. The van der Waals surface area contributed by atoms with Crippen molar-refractivity contribution in [3.63, 3.8) is 0 Å². The van der Waals surface area contributed by atoms with Gasteiger partial charge in [0, 0.05) is 6.42 Å². The second-order valence-electron chi connectivity index (χ2n) is 5.68. The van der Waals surface area contributed by atoms with Crippen LogP contribution in [0.5, 0.6) is 0 Å². The fraction of sp³-hybridized carbons (Fsp3) is 0.944. The van der Waals surface area contributed by atoms with E-state index in [2.05, 4.69) is 20.8 Å². The largest absolute Gasteiger partial charge is 0.481 e. The zero-order valence-electron chi connectivity index (χ0n) is 14.3. The average molecular weight is 286 g/mol. The van der Waals surface area contributed by atoms with Crippen LogP contribution in [-0.4, -0.2) is 11.1 Å². The summed E-state index contributed by atoms with van der Waals surface area (Å²) in [5.41, 5.74) is 0. The molecule has 0 radical (unpaired) electrons. The molecular formula is C18H38O2. The van der Waals surface area contributed by atoms with E-state index in [-0.39, 0.29) is 0 Å². The maximum atomic E-state index is 10.2. The first-order valence-electron chi connectivity index (χ1n) is 8.90. The van der Waals surface area contributed by atoms with Gasteiger partial charge in [0.25, 0.3) is 0 Å². The summed E-state index contributed by atoms with van der Waals surface area (Å²) in [6.07, 6.45) is 17.1. The summed E-state index contributed by atoms with van der Waals surface area (Å²) in [4.78, 5) is 10.2. The van der Waals surface area contributed by atoms with E-state index in [0.29, 0.717) is 6.42 Å². The number of hydrogen-bond donors (Lipinski definition) is 1. The van der Waals surface area contributed by atoms with E-state index >= 15 is 0 Å². The summed E-state index contributed by atoms with van der Waals surface area (Å²) in [7, 11) is 0. The molecule has 0 aliphatic heterocycles. The molecule has 0 saturated carbocycles. The maximum Gasteiger partial charge on any atom is 0.303 e. The number of rotatable bonds is 13. The van der Waals surface area contributed by atoms with Crippen LogP contribution in [0.1, 0.15) is 111 Å². The predicted octanol–water partition coefficient (Wildman–Crippen LogP) is 6.58. The molecule has 0 atom stereocenters. The van der Waals surface area contributed by atoms with Crippen LogP contribution < -0.4 is 0 Å². The van der Waals surface area contributed by atoms with Crippen molar-refractivity contribution in [2.75, 3.05) is 0 Å². The van der Waals surface area contributed by atoms with Crippen molar-refractivity contribution in [2.24, 2.45) is 0 Å². The third kappa shape index (κ3) is 26.1. The molecule has 0 bridgehead atoms. The van der Waals surface area contributed by atoms with E-state index in [0.717, 1.165) is 12.8 Å². The van der Waals surface area contributed by atoms with E-state index in [1.54, 1.807) is 0 Å². The first kappa shape index (κ1) is 21.8. The van der Waals surface area contributed by atoms with Gasteiger partial charge in [0.15, 0.2) is 0 Å². The number of hydrogen-bond acceptors (Lipinski definition) is 1. The van der Waals surface area contributed by atoms with Gasteiger partial charge in [0.2, 0.25) is 0 Å². The molecule has 0 spiro atoms. The Morgan fingerprint density at radius 3 is 1.25 bits per heavy atom. The summed E-state index contributed by atoms with van der Waals surface area (Å²) in [5.74, 6) is -0.661. The number of carboxylic acids is 1. The van der Waals surface area contributed by atoms with Gasteiger partial charge >= 0.3 is 5.97 Å². The highest BCUT2D eigenvalue weighted by Crippen LogP contribution is 2.09. The highest BCUT2D eigenvalue weighted by molar-refractivity contribution is 5.66. The Bertz CT molecular complexity index is 174. The molecule has 1 N–H and O–H groups in total. The van der Waals surface area contributed by atoms with Crippen LogP contribution in [0, 0.1) is 0 Å². The van der Waals surface area contributed by atoms with Gasteiger partial charge in [-0.2, -0.15) is 0 Å². The van der Waals surface area contributed by atoms with Crippen LogP contribution in [0.4, 0.5) is 0 Å². The molecule has 0 aliphatic rings. The molecule has 2 nitrogen and oxygen atoms in total. The lowest BCUT2D eigenvalue weighted by molar-refractivity contribution is -0.137. The average Bonchev–Trinajstić information content (AvgIpc) is 2.43. The summed E-state index contributed by atoms with van der Waals surface area (Å²) >= 11 is 0. The molecule has 122 valence electrons. The van der Waals surface area contributed by atoms with Gasteiger partial charge in [-0.05, 0) is 6.42 Å². The molecular weight excluding hydrogens is 248 g/mol. The Kier molecular flexibility index (Phi) is 22.6. The van der Waals surface area contributed by atoms with Crippen molar-refractivity contribution in [3.8, 4) is 0 Å². The van der Waals surface area contributed by atoms with Crippen molar-refractivity contribution in [3.05, 3.63) is 0 Å². The quantitative estimate of drug-likeness (QED) is 0.388. The van der Waals surface area contributed by atoms with Crippen LogP contribution >= 0.6 is 0 Å². The molecule has 0 rings (SSSR count). The van der Waals surface area contributed by atoms with Crippen molar-refractivity contribution in [1.29, 1.82) is 0 Å². The minimum Gasteiger partial charge on any atom is -0.481 e. The van der Waals surface area contributed by atoms with Gasteiger partial charge in [0.05, 0.1) is 0 Å². The summed E-state index contributed by atoms with van der Waals surface area (Å²) in [6.45, 7) is 6.71. The smallest absolute Gasteiger partial charge is 0.303 e. The zero-order valence-corrected chi connectivity index (χ0v) is 14.3. The predicted molar refractivity (Wildman–Crippen MR) is 89.3 cm³/mol. The Labute approximate surface area is 127 Å². The molecule has 0 amide bonds. The lowest BCUT2D eigenvalue weighted by atomic mass is 10.1. The van der Waals surface area contributed by atoms with Crippen molar-refractivity contribution < 1.29 is 9.90 Å². The minimum atomic E-state index is -0.661. The Hall–Kier alpha value is -0.530. The van der Waals surface area contributed by atoms with Gasteiger partial charge < -0.3 is 5.11 Å². The molecule has 0 aromatic heterocycles. The van der Waals surface area contributed by atoms with Crippen molar-refractivity contribution in [2.45, 2.75) is 111 Å². The number of unbranched alkanes of at least 4 members (excludes halogenated alkanes) is 11. The number of aliphatic carboxylic acids is 1. The first-order valence-corrected chi connectivity index (χ1v) is 8.90. The van der Waals surface area contributed by atoms with Crippen molar-refractivity contribution >= 4 is 5.97 Å². The van der Waals surface area contributed by atoms with Gasteiger partial charge in [-0.1, -0.05) is 97.8 Å². The normalized spacial score (nSPS) is 9.95. The summed E-state index contributed by atoms with van der Waals surface area (Å²) < 4.78 is 0. The third-order valence-electron chi connectivity index (χ3n) is 3.45. The molecule has 0 unspecified atom stereocenters. The van der Waals surface area contributed by atoms with Crippen LogP contribution in [0.3, 0.4) is 0 Å². The fourth-order valence-electron chi connectivity index (χ4n) is 2.09. The molecule has 0 heterocycles. The summed E-state index contributed by atoms with van der Waals surface area (Å²) in [5, 5.41) is 8.39. The molecule has 0 saturated heterocycles. The highest BCUT2D eigenvalue weighted by Gasteiger charge is 1.95. The molecule has 0 aliphatic carbocycles. The molecule has 0 aromatic rings. The monoisotopic (exact) mass is 286 g/mol. The van der Waals surface area contributed by atoms with E-state index in [4.69, 9.17) is 5.11 Å². The van der Waals surface area contributed by atoms with E-state index in [1.165, 1.54) is 70.6 Å². The van der Waals surface area contributed by atoms with E-state index in [9.17, 15) is 4.79 Å². The minimum absolute atomic E-state index is 0.342. The van der Waals surface area contributed by atoms with Crippen LogP contribution in [0.2, 0.25) is 0 Å². The molecule has 0 fully saturated rings. The van der Waals surface area contributed by atoms with Crippen LogP contribution in [0.25, 0.3) is 0 Å². The Morgan fingerprint density at radius 1 is 0.600 bits per heavy atom. The van der Waals surface area contributed by atoms with Gasteiger partial charge in [-0.3, -0.25) is 4.79 Å². The maximum absolute atomic E-state index is 10.2. The topological polar surface area (TPSA) is 37.3 Å². The lowest BCUT2D eigenvalue weighted by Gasteiger charge is -1.99. The summed E-state index contributed by atoms with van der Waals surface area (Å²) in [6, 6.07) is 0. The Morgan fingerprint density at radius 2 is 0.900 bits per heavy atom. The van der Waals surface area contributed by atoms with Gasteiger partial charge in [-0.15, -0.1) is 0 Å². The number of carboxylic acid groups (broad SMARTS) is 1. The van der Waals surface area contributed by atoms with Crippen LogP contribution in [0.15, 0.2) is 0 Å². The van der Waals surface area contributed by atoms with Gasteiger partial charge in [0.1, 0.15) is 0 Å². The number of carbonyl (C=O) groups is 1. The lowest BCUT2D eigenvalue weighted by Crippen LogP contribution is -1.93.